The number of amides is 1. The minimum absolute atomic E-state index is 0.0637. The molecule has 0 saturated carbocycles. The van der Waals surface area contributed by atoms with E-state index in [-0.39, 0.29) is 22.6 Å². The van der Waals surface area contributed by atoms with Crippen LogP contribution in [0.15, 0.2) is 47.5 Å². The molecular weight excluding hydrogens is 364 g/mol. The van der Waals surface area contributed by atoms with E-state index >= 15 is 0 Å². The maximum Gasteiger partial charge on any atom is 0.269 e. The molecule has 2 heterocycles. The van der Waals surface area contributed by atoms with Crippen LogP contribution in [0.2, 0.25) is 0 Å². The third-order valence-corrected chi connectivity index (χ3v) is 6.98. The monoisotopic (exact) mass is 390 g/mol. The highest BCUT2D eigenvalue weighted by Crippen LogP contribution is 2.35. The molecule has 27 heavy (non-hydrogen) atoms. The van der Waals surface area contributed by atoms with Gasteiger partial charge in [-0.25, -0.2) is 8.42 Å². The number of hydrogen-bond donors (Lipinski definition) is 1. The highest BCUT2D eigenvalue weighted by Gasteiger charge is 2.40. The standard InChI is InChI=1S/C19H26N4O3S/c1-21(2)19(24)18-9-16(12-22(18)3)27(25,26)23-11-15(10-20)17(13-23)14-7-5-4-6-8-14/h4-9,12,15,17H,10-11,13,20H2,1-3H3/t15-,17+/m1/s1. The van der Waals surface area contributed by atoms with Crippen LogP contribution < -0.4 is 5.73 Å². The van der Waals surface area contributed by atoms with Gasteiger partial charge in [0.05, 0.1) is 0 Å². The molecule has 0 bridgehead atoms. The molecule has 2 N–H and O–H groups in total. The fourth-order valence-corrected chi connectivity index (χ4v) is 5.21. The van der Waals surface area contributed by atoms with Gasteiger partial charge in [0, 0.05) is 46.3 Å². The Hall–Kier alpha value is -2.16. The molecule has 2 aromatic rings. The summed E-state index contributed by atoms with van der Waals surface area (Å²) < 4.78 is 29.4. The zero-order valence-electron chi connectivity index (χ0n) is 15.9. The van der Waals surface area contributed by atoms with Crippen LogP contribution in [0.3, 0.4) is 0 Å². The van der Waals surface area contributed by atoms with Gasteiger partial charge in [0.25, 0.3) is 5.91 Å². The van der Waals surface area contributed by atoms with E-state index in [1.165, 1.54) is 21.5 Å². The second-order valence-electron chi connectivity index (χ2n) is 7.21. The Balaban J connectivity index is 1.90. The number of rotatable bonds is 5. The largest absolute Gasteiger partial charge is 0.345 e. The van der Waals surface area contributed by atoms with E-state index < -0.39 is 10.0 Å². The average molecular weight is 391 g/mol. The highest BCUT2D eigenvalue weighted by atomic mass is 32.2. The lowest BCUT2D eigenvalue weighted by atomic mass is 9.89. The summed E-state index contributed by atoms with van der Waals surface area (Å²) in [6, 6.07) is 11.3. The summed E-state index contributed by atoms with van der Waals surface area (Å²) in [5.74, 6) is -0.103. The lowest BCUT2D eigenvalue weighted by Crippen LogP contribution is -2.29. The molecule has 1 aliphatic rings. The van der Waals surface area contributed by atoms with Crippen LogP contribution in [0.4, 0.5) is 0 Å². The topological polar surface area (TPSA) is 88.6 Å². The van der Waals surface area contributed by atoms with Gasteiger partial charge in [-0.05, 0) is 24.1 Å². The first-order valence-electron chi connectivity index (χ1n) is 8.89. The molecule has 8 heteroatoms. The van der Waals surface area contributed by atoms with Crippen molar-refractivity contribution in [1.29, 1.82) is 0 Å². The number of nitrogens with two attached hydrogens (primary N) is 1. The predicted octanol–water partition coefficient (Wildman–Crippen LogP) is 1.09. The van der Waals surface area contributed by atoms with Crippen molar-refractivity contribution in [2.24, 2.45) is 18.7 Å². The number of hydrogen-bond acceptors (Lipinski definition) is 4. The molecule has 146 valence electrons. The molecule has 1 aromatic heterocycles. The van der Waals surface area contributed by atoms with E-state index in [1.54, 1.807) is 25.7 Å². The van der Waals surface area contributed by atoms with Crippen LogP contribution in [0.1, 0.15) is 22.0 Å². The number of nitrogens with zero attached hydrogens (tertiary/aromatic N) is 3. The van der Waals surface area contributed by atoms with Crippen molar-refractivity contribution in [2.75, 3.05) is 33.7 Å². The van der Waals surface area contributed by atoms with E-state index in [0.717, 1.165) is 5.56 Å². The van der Waals surface area contributed by atoms with Crippen molar-refractivity contribution >= 4 is 15.9 Å². The highest BCUT2D eigenvalue weighted by molar-refractivity contribution is 7.89. The minimum atomic E-state index is -3.70. The van der Waals surface area contributed by atoms with Gasteiger partial charge in [-0.1, -0.05) is 30.3 Å². The number of sulfonamides is 1. The van der Waals surface area contributed by atoms with Gasteiger partial charge < -0.3 is 15.2 Å². The van der Waals surface area contributed by atoms with Crippen molar-refractivity contribution in [3.8, 4) is 0 Å². The maximum atomic E-state index is 13.2. The fourth-order valence-electron chi connectivity index (χ4n) is 3.61. The molecule has 1 aliphatic heterocycles. The minimum Gasteiger partial charge on any atom is -0.345 e. The molecule has 3 rings (SSSR count). The number of benzene rings is 1. The Morgan fingerprint density at radius 3 is 2.48 bits per heavy atom. The van der Waals surface area contributed by atoms with Gasteiger partial charge in [-0.2, -0.15) is 4.31 Å². The van der Waals surface area contributed by atoms with Crippen LogP contribution in [0.5, 0.6) is 0 Å². The van der Waals surface area contributed by atoms with Gasteiger partial charge >= 0.3 is 0 Å². The van der Waals surface area contributed by atoms with E-state index in [1.807, 2.05) is 30.3 Å². The van der Waals surface area contributed by atoms with Gasteiger partial charge in [0.1, 0.15) is 10.6 Å². The van der Waals surface area contributed by atoms with Crippen LogP contribution in [-0.4, -0.2) is 61.8 Å². The molecule has 7 nitrogen and oxygen atoms in total. The van der Waals surface area contributed by atoms with Crippen molar-refractivity contribution in [2.45, 2.75) is 10.8 Å². The number of carbonyl (C=O) groups is 1. The molecule has 0 radical (unpaired) electrons. The first-order valence-corrected chi connectivity index (χ1v) is 10.3. The predicted molar refractivity (Wildman–Crippen MR) is 104 cm³/mol. The Labute approximate surface area is 160 Å². The SMILES string of the molecule is CN(C)C(=O)c1cc(S(=O)(=O)N2C[C@@H](CN)[C@H](c3ccccc3)C2)cn1C. The Bertz CT molecular complexity index is 922. The van der Waals surface area contributed by atoms with Crippen LogP contribution in [-0.2, 0) is 17.1 Å². The molecule has 1 fully saturated rings. The van der Waals surface area contributed by atoms with E-state index in [9.17, 15) is 13.2 Å². The molecule has 0 unspecified atom stereocenters. The zero-order chi connectivity index (χ0) is 19.8. The molecular formula is C19H26N4O3S. The quantitative estimate of drug-likeness (QED) is 0.828. The van der Waals surface area contributed by atoms with Crippen molar-refractivity contribution < 1.29 is 13.2 Å². The van der Waals surface area contributed by atoms with Gasteiger partial charge in [-0.15, -0.1) is 0 Å². The molecule has 1 aromatic carbocycles. The Kier molecular flexibility index (Phi) is 5.41. The first-order chi connectivity index (χ1) is 12.8. The molecule has 1 saturated heterocycles. The zero-order valence-corrected chi connectivity index (χ0v) is 16.7. The summed E-state index contributed by atoms with van der Waals surface area (Å²) in [6.07, 6.45) is 1.50. The average Bonchev–Trinajstić information content (AvgIpc) is 3.26. The van der Waals surface area contributed by atoms with Gasteiger partial charge in [0.15, 0.2) is 0 Å². The molecule has 1 amide bonds. The Morgan fingerprint density at radius 2 is 1.89 bits per heavy atom. The number of aryl methyl sites for hydroxylation is 1. The summed E-state index contributed by atoms with van der Waals surface area (Å²) in [4.78, 5) is 13.8. The summed E-state index contributed by atoms with van der Waals surface area (Å²) in [5, 5.41) is 0. The molecule has 2 atom stereocenters. The third kappa shape index (κ3) is 3.65. The lowest BCUT2D eigenvalue weighted by molar-refractivity contribution is 0.0818. The molecule has 0 aliphatic carbocycles. The van der Waals surface area contributed by atoms with Crippen LogP contribution in [0, 0.1) is 5.92 Å². The fraction of sp³-hybridized carbons (Fsp3) is 0.421. The Morgan fingerprint density at radius 1 is 1.22 bits per heavy atom. The van der Waals surface area contributed by atoms with E-state index in [0.29, 0.717) is 25.3 Å². The first kappa shape index (κ1) is 19.6. The summed E-state index contributed by atoms with van der Waals surface area (Å²) >= 11 is 0. The van der Waals surface area contributed by atoms with Crippen molar-refractivity contribution in [3.05, 3.63) is 53.9 Å². The van der Waals surface area contributed by atoms with Crippen molar-refractivity contribution in [3.63, 3.8) is 0 Å². The summed E-state index contributed by atoms with van der Waals surface area (Å²) in [6.45, 7) is 1.19. The van der Waals surface area contributed by atoms with Gasteiger partial charge in [-0.3, -0.25) is 4.79 Å². The van der Waals surface area contributed by atoms with E-state index in [2.05, 4.69) is 0 Å². The van der Waals surface area contributed by atoms with Crippen LogP contribution >= 0.6 is 0 Å². The maximum absolute atomic E-state index is 13.2. The second kappa shape index (κ2) is 7.46. The third-order valence-electron chi connectivity index (χ3n) is 5.18. The lowest BCUT2D eigenvalue weighted by Gasteiger charge is -2.16. The van der Waals surface area contributed by atoms with Gasteiger partial charge in [0.2, 0.25) is 10.0 Å². The summed E-state index contributed by atoms with van der Waals surface area (Å²) in [7, 11) is 1.26. The molecule has 0 spiro atoms. The normalized spacial score (nSPS) is 20.7. The van der Waals surface area contributed by atoms with Crippen LogP contribution in [0.25, 0.3) is 0 Å². The van der Waals surface area contributed by atoms with E-state index in [4.69, 9.17) is 5.73 Å². The second-order valence-corrected chi connectivity index (χ2v) is 9.14. The summed E-state index contributed by atoms with van der Waals surface area (Å²) in [5.41, 5.74) is 7.37. The number of aromatic nitrogens is 1. The number of carbonyl (C=O) groups excluding carboxylic acids is 1. The van der Waals surface area contributed by atoms with Crippen molar-refractivity contribution in [1.82, 2.24) is 13.8 Å². The smallest absolute Gasteiger partial charge is 0.269 e.